The topological polar surface area (TPSA) is 56.7 Å². The maximum atomic E-state index is 6.21. The van der Waals surface area contributed by atoms with Crippen LogP contribution in [0.5, 0.6) is 0 Å². The fourth-order valence-electron chi connectivity index (χ4n) is 1.91. The molecule has 0 bridgehead atoms. The highest BCUT2D eigenvalue weighted by atomic mass is 15.3. The molecule has 1 aliphatic carbocycles. The Bertz CT molecular complexity index is 340. The molecule has 4 nitrogen and oxygen atoms in total. The van der Waals surface area contributed by atoms with Crippen molar-refractivity contribution < 1.29 is 0 Å². The van der Waals surface area contributed by atoms with E-state index in [1.807, 2.05) is 6.92 Å². The van der Waals surface area contributed by atoms with Crippen LogP contribution in [0.1, 0.15) is 56.8 Å². The lowest BCUT2D eigenvalue weighted by Crippen LogP contribution is -2.23. The molecular weight excluding hydrogens is 188 g/mol. The molecule has 1 saturated carbocycles. The van der Waals surface area contributed by atoms with Gasteiger partial charge in [-0.1, -0.05) is 20.3 Å². The first-order valence-corrected chi connectivity index (χ1v) is 5.82. The molecule has 0 spiro atoms. The van der Waals surface area contributed by atoms with Gasteiger partial charge in [0.15, 0.2) is 5.82 Å². The van der Waals surface area contributed by atoms with Gasteiger partial charge in [-0.2, -0.15) is 0 Å². The summed E-state index contributed by atoms with van der Waals surface area (Å²) >= 11 is 0. The number of rotatable bonds is 4. The highest BCUT2D eigenvalue weighted by molar-refractivity contribution is 5.06. The van der Waals surface area contributed by atoms with Crippen molar-refractivity contribution >= 4 is 0 Å². The van der Waals surface area contributed by atoms with E-state index in [9.17, 15) is 0 Å². The van der Waals surface area contributed by atoms with Crippen molar-refractivity contribution in [3.8, 4) is 0 Å². The van der Waals surface area contributed by atoms with Crippen molar-refractivity contribution in [1.82, 2.24) is 14.8 Å². The highest BCUT2D eigenvalue weighted by Gasteiger charge is 2.31. The summed E-state index contributed by atoms with van der Waals surface area (Å²) in [6, 6.07) is 0.641. The number of hydrogen-bond donors (Lipinski definition) is 1. The first kappa shape index (κ1) is 10.6. The Morgan fingerprint density at radius 3 is 2.67 bits per heavy atom. The Balaban J connectivity index is 2.26. The molecule has 0 aliphatic heterocycles. The Kier molecular flexibility index (Phi) is 2.78. The third kappa shape index (κ3) is 1.91. The molecule has 0 aromatic carbocycles. The molecule has 84 valence electrons. The van der Waals surface area contributed by atoms with Crippen LogP contribution in [0, 0.1) is 12.8 Å². The van der Waals surface area contributed by atoms with Gasteiger partial charge in [0.2, 0.25) is 0 Å². The first-order valence-electron chi connectivity index (χ1n) is 5.82. The van der Waals surface area contributed by atoms with Crippen LogP contribution in [-0.4, -0.2) is 14.8 Å². The van der Waals surface area contributed by atoms with Crippen LogP contribution in [0.4, 0.5) is 0 Å². The fraction of sp³-hybridized carbons (Fsp3) is 0.818. The first-order chi connectivity index (χ1) is 7.15. The molecule has 2 N–H and O–H groups in total. The summed E-state index contributed by atoms with van der Waals surface area (Å²) in [6.45, 7) is 6.35. The highest BCUT2D eigenvalue weighted by Crippen LogP contribution is 2.38. The lowest BCUT2D eigenvalue weighted by molar-refractivity contribution is 0.421. The minimum absolute atomic E-state index is 0.0248. The van der Waals surface area contributed by atoms with Crippen molar-refractivity contribution in [1.29, 1.82) is 0 Å². The van der Waals surface area contributed by atoms with Gasteiger partial charge in [-0.25, -0.2) is 0 Å². The van der Waals surface area contributed by atoms with E-state index in [1.54, 1.807) is 0 Å². The summed E-state index contributed by atoms with van der Waals surface area (Å²) < 4.78 is 2.23. The second kappa shape index (κ2) is 3.93. The number of nitrogens with zero attached hydrogens (tertiary/aromatic N) is 3. The summed E-state index contributed by atoms with van der Waals surface area (Å²) in [5, 5.41) is 8.38. The zero-order valence-electron chi connectivity index (χ0n) is 9.77. The lowest BCUT2D eigenvalue weighted by Gasteiger charge is -2.18. The Morgan fingerprint density at radius 1 is 1.47 bits per heavy atom. The zero-order valence-corrected chi connectivity index (χ0v) is 9.77. The number of nitrogens with two attached hydrogens (primary N) is 1. The molecular formula is C11H20N4. The van der Waals surface area contributed by atoms with Gasteiger partial charge in [0.05, 0.1) is 6.04 Å². The van der Waals surface area contributed by atoms with Crippen molar-refractivity contribution in [3.63, 3.8) is 0 Å². The molecule has 1 fully saturated rings. The van der Waals surface area contributed by atoms with Crippen LogP contribution in [0.3, 0.4) is 0 Å². The minimum atomic E-state index is 0.0248. The summed E-state index contributed by atoms with van der Waals surface area (Å²) in [7, 11) is 0. The normalized spacial score (nSPS) is 20.3. The molecule has 15 heavy (non-hydrogen) atoms. The van der Waals surface area contributed by atoms with Crippen molar-refractivity contribution in [2.75, 3.05) is 0 Å². The van der Waals surface area contributed by atoms with Crippen molar-refractivity contribution in [3.05, 3.63) is 11.6 Å². The molecule has 0 radical (unpaired) electrons. The lowest BCUT2D eigenvalue weighted by atomic mass is 9.99. The van der Waals surface area contributed by atoms with E-state index < -0.39 is 0 Å². The van der Waals surface area contributed by atoms with E-state index in [0.717, 1.165) is 18.1 Å². The Labute approximate surface area is 90.9 Å². The van der Waals surface area contributed by atoms with E-state index in [-0.39, 0.29) is 6.04 Å². The second-order valence-corrected chi connectivity index (χ2v) is 4.62. The van der Waals surface area contributed by atoms with Crippen LogP contribution >= 0.6 is 0 Å². The molecule has 1 heterocycles. The van der Waals surface area contributed by atoms with Gasteiger partial charge >= 0.3 is 0 Å². The molecule has 2 unspecified atom stereocenters. The van der Waals surface area contributed by atoms with Gasteiger partial charge in [-0.15, -0.1) is 10.2 Å². The third-order valence-corrected chi connectivity index (χ3v) is 3.36. The number of aromatic nitrogens is 3. The maximum Gasteiger partial charge on any atom is 0.150 e. The van der Waals surface area contributed by atoms with E-state index in [2.05, 4.69) is 28.6 Å². The van der Waals surface area contributed by atoms with Crippen LogP contribution in [0.25, 0.3) is 0 Å². The number of hydrogen-bond acceptors (Lipinski definition) is 3. The molecule has 4 heteroatoms. The molecule has 0 saturated heterocycles. The zero-order chi connectivity index (χ0) is 11.0. The second-order valence-electron chi connectivity index (χ2n) is 4.62. The minimum Gasteiger partial charge on any atom is -0.321 e. The maximum absolute atomic E-state index is 6.21. The van der Waals surface area contributed by atoms with Crippen LogP contribution in [0.2, 0.25) is 0 Å². The fourth-order valence-corrected chi connectivity index (χ4v) is 1.91. The van der Waals surface area contributed by atoms with E-state index in [4.69, 9.17) is 5.73 Å². The van der Waals surface area contributed by atoms with E-state index >= 15 is 0 Å². The average Bonchev–Trinajstić information content (AvgIpc) is 3.00. The van der Waals surface area contributed by atoms with Gasteiger partial charge in [0.25, 0.3) is 0 Å². The Hall–Kier alpha value is -0.900. The summed E-state index contributed by atoms with van der Waals surface area (Å²) in [5.41, 5.74) is 6.21. The van der Waals surface area contributed by atoms with Crippen LogP contribution < -0.4 is 5.73 Å². The van der Waals surface area contributed by atoms with Crippen molar-refractivity contribution in [2.24, 2.45) is 11.7 Å². The average molecular weight is 208 g/mol. The molecule has 1 aromatic heterocycles. The molecule has 2 rings (SSSR count). The van der Waals surface area contributed by atoms with Gasteiger partial charge < -0.3 is 10.3 Å². The van der Waals surface area contributed by atoms with Gasteiger partial charge in [0.1, 0.15) is 5.82 Å². The molecule has 1 aliphatic rings. The summed E-state index contributed by atoms with van der Waals surface area (Å²) in [6.07, 6.45) is 3.58. The van der Waals surface area contributed by atoms with Crippen LogP contribution in [0.15, 0.2) is 0 Å². The molecule has 0 amide bonds. The van der Waals surface area contributed by atoms with Gasteiger partial charge in [0, 0.05) is 6.04 Å². The van der Waals surface area contributed by atoms with E-state index in [0.29, 0.717) is 12.0 Å². The third-order valence-electron chi connectivity index (χ3n) is 3.36. The van der Waals surface area contributed by atoms with Crippen LogP contribution in [-0.2, 0) is 0 Å². The monoisotopic (exact) mass is 208 g/mol. The molecule has 2 atom stereocenters. The Morgan fingerprint density at radius 2 is 2.13 bits per heavy atom. The predicted octanol–water partition coefficient (Wildman–Crippen LogP) is 1.97. The van der Waals surface area contributed by atoms with Crippen molar-refractivity contribution in [2.45, 2.75) is 52.1 Å². The van der Waals surface area contributed by atoms with Gasteiger partial charge in [-0.3, -0.25) is 0 Å². The largest absolute Gasteiger partial charge is 0.321 e. The quantitative estimate of drug-likeness (QED) is 0.823. The van der Waals surface area contributed by atoms with Gasteiger partial charge in [-0.05, 0) is 25.7 Å². The predicted molar refractivity (Wildman–Crippen MR) is 59.4 cm³/mol. The summed E-state index contributed by atoms with van der Waals surface area (Å²) in [5.74, 6) is 2.45. The summed E-state index contributed by atoms with van der Waals surface area (Å²) in [4.78, 5) is 0. The molecule has 1 aromatic rings. The SMILES string of the molecule is CCC(C)C(N)c1nnc(C)n1C1CC1. The van der Waals surface area contributed by atoms with E-state index in [1.165, 1.54) is 12.8 Å². The number of aryl methyl sites for hydroxylation is 1. The smallest absolute Gasteiger partial charge is 0.150 e. The standard InChI is InChI=1S/C11H20N4/c1-4-7(2)10(12)11-14-13-8(3)15(11)9-5-6-9/h7,9-10H,4-6,12H2,1-3H3.